The number of phosphoric acid groups is 1. The van der Waals surface area contributed by atoms with Crippen LogP contribution in [0.25, 0.3) is 0 Å². The lowest BCUT2D eigenvalue weighted by atomic mass is 10.1. The first kappa shape index (κ1) is 49.7. The lowest BCUT2D eigenvalue weighted by Gasteiger charge is -2.19. The third-order valence-corrected chi connectivity index (χ3v) is 9.77. The Balaban J connectivity index is 2.26. The second kappa shape index (κ2) is 35.1. The van der Waals surface area contributed by atoms with Gasteiger partial charge < -0.3 is 24.8 Å². The Kier molecular flexibility index (Phi) is 32.3. The average molecular weight is 780 g/mol. The number of epoxide rings is 1. The molecule has 0 saturated carbocycles. The Morgan fingerprint density at radius 2 is 1.20 bits per heavy atom. The molecule has 0 amide bonds. The van der Waals surface area contributed by atoms with Gasteiger partial charge in [-0.1, -0.05) is 126 Å². The Hall–Kier alpha value is -2.33. The topological polar surface area (TPSA) is 147 Å². The maximum atomic E-state index is 12.6. The maximum absolute atomic E-state index is 12.6. The van der Waals surface area contributed by atoms with Crippen LogP contribution >= 0.6 is 7.82 Å². The van der Waals surface area contributed by atoms with Gasteiger partial charge in [-0.3, -0.25) is 18.6 Å². The van der Waals surface area contributed by atoms with Crippen molar-refractivity contribution in [2.45, 2.75) is 173 Å². The molecule has 10 nitrogen and oxygen atoms in total. The van der Waals surface area contributed by atoms with Crippen molar-refractivity contribution >= 4 is 19.8 Å². The van der Waals surface area contributed by atoms with Crippen molar-refractivity contribution in [3.8, 4) is 0 Å². The van der Waals surface area contributed by atoms with Crippen LogP contribution in [0.5, 0.6) is 0 Å². The summed E-state index contributed by atoms with van der Waals surface area (Å²) in [6, 6.07) is 0. The van der Waals surface area contributed by atoms with E-state index in [1.807, 2.05) is 6.08 Å². The second-order valence-electron chi connectivity index (χ2n) is 13.9. The SMILES string of the molecule is CCC=CCC=CCC=CCC1OC1CC=CCCCC(=O)OC(COC(=O)CCCCCCCC=CCCCCCCCC)COP(=O)(O)OCCN. The zero-order valence-electron chi connectivity index (χ0n) is 33.6. The first-order valence-corrected chi connectivity index (χ1v) is 22.4. The van der Waals surface area contributed by atoms with Crippen LogP contribution in [0.3, 0.4) is 0 Å². The number of hydrogen-bond donors (Lipinski definition) is 2. The number of carbonyl (C=O) groups is 2. The van der Waals surface area contributed by atoms with Gasteiger partial charge in [-0.15, -0.1) is 0 Å². The molecule has 1 fully saturated rings. The second-order valence-corrected chi connectivity index (χ2v) is 15.3. The molecule has 1 saturated heterocycles. The third kappa shape index (κ3) is 32.0. The number of allylic oxidation sites excluding steroid dienone is 8. The molecule has 0 spiro atoms. The van der Waals surface area contributed by atoms with Gasteiger partial charge in [-0.25, -0.2) is 4.57 Å². The van der Waals surface area contributed by atoms with Crippen LogP contribution in [-0.4, -0.2) is 61.5 Å². The molecule has 1 heterocycles. The average Bonchev–Trinajstić information content (AvgIpc) is 3.91. The summed E-state index contributed by atoms with van der Waals surface area (Å²) >= 11 is 0. The summed E-state index contributed by atoms with van der Waals surface area (Å²) in [7, 11) is -4.40. The summed E-state index contributed by atoms with van der Waals surface area (Å²) in [4.78, 5) is 34.9. The van der Waals surface area contributed by atoms with Gasteiger partial charge >= 0.3 is 19.8 Å². The van der Waals surface area contributed by atoms with E-state index >= 15 is 0 Å². The Morgan fingerprint density at radius 1 is 0.667 bits per heavy atom. The van der Waals surface area contributed by atoms with Crippen LogP contribution in [0.2, 0.25) is 0 Å². The summed E-state index contributed by atoms with van der Waals surface area (Å²) in [6.07, 6.45) is 42.8. The highest BCUT2D eigenvalue weighted by atomic mass is 31.2. The standard InChI is InChI=1S/C43H74NO9P/c1-3-5-7-9-11-13-14-15-16-17-18-20-22-24-29-33-42(45)49-37-39(38-51-54(47,48)50-36-35-44)52-43(46)34-30-26-25-28-32-41-40(53-41)31-27-23-21-19-12-10-8-6-4-2/h6,8,12,15-16,19,23,25,27-28,39-41H,3-5,7,9-11,13-14,17-18,20-22,24,26,29-38,44H2,1-2H3,(H,47,48). The molecule has 0 aromatic carbocycles. The number of phosphoric ester groups is 1. The first-order chi connectivity index (χ1) is 26.3. The van der Waals surface area contributed by atoms with Crippen molar-refractivity contribution in [1.29, 1.82) is 0 Å². The number of nitrogens with two attached hydrogens (primary N) is 1. The van der Waals surface area contributed by atoms with Crippen LogP contribution in [-0.2, 0) is 37.4 Å². The van der Waals surface area contributed by atoms with E-state index < -0.39 is 32.5 Å². The predicted molar refractivity (Wildman–Crippen MR) is 219 cm³/mol. The van der Waals surface area contributed by atoms with Crippen LogP contribution in [0.4, 0.5) is 0 Å². The van der Waals surface area contributed by atoms with Gasteiger partial charge in [0.05, 0.1) is 25.4 Å². The smallest absolute Gasteiger partial charge is 0.462 e. The van der Waals surface area contributed by atoms with E-state index in [4.69, 9.17) is 29.0 Å². The molecule has 0 aliphatic carbocycles. The molecular formula is C43H74NO9P. The Labute approximate surface area is 327 Å². The highest BCUT2D eigenvalue weighted by Gasteiger charge is 2.36. The zero-order chi connectivity index (χ0) is 39.4. The summed E-state index contributed by atoms with van der Waals surface area (Å²) in [5, 5.41) is 0. The summed E-state index contributed by atoms with van der Waals surface area (Å²) in [5.41, 5.74) is 5.34. The number of rotatable bonds is 37. The monoisotopic (exact) mass is 780 g/mol. The summed E-state index contributed by atoms with van der Waals surface area (Å²) in [6.45, 7) is 3.50. The van der Waals surface area contributed by atoms with Crippen molar-refractivity contribution in [3.63, 3.8) is 0 Å². The fourth-order valence-corrected chi connectivity index (χ4v) is 6.35. The molecule has 0 aromatic heterocycles. The third-order valence-electron chi connectivity index (χ3n) is 8.79. The van der Waals surface area contributed by atoms with Crippen LogP contribution in [0.15, 0.2) is 60.8 Å². The number of ether oxygens (including phenoxy) is 3. The molecule has 0 aromatic rings. The zero-order valence-corrected chi connectivity index (χ0v) is 34.5. The molecule has 4 unspecified atom stereocenters. The minimum absolute atomic E-state index is 0.0379. The van der Waals surface area contributed by atoms with E-state index in [1.165, 1.54) is 44.9 Å². The molecular weight excluding hydrogens is 705 g/mol. The molecule has 1 aliphatic heterocycles. The maximum Gasteiger partial charge on any atom is 0.472 e. The van der Waals surface area contributed by atoms with Crippen molar-refractivity contribution in [3.05, 3.63) is 60.8 Å². The van der Waals surface area contributed by atoms with Gasteiger partial charge in [0.1, 0.15) is 6.61 Å². The minimum atomic E-state index is -4.40. The van der Waals surface area contributed by atoms with Crippen LogP contribution < -0.4 is 5.73 Å². The quantitative estimate of drug-likeness (QED) is 0.0205. The first-order valence-electron chi connectivity index (χ1n) is 20.9. The predicted octanol–water partition coefficient (Wildman–Crippen LogP) is 10.7. The van der Waals surface area contributed by atoms with Gasteiger partial charge in [0, 0.05) is 19.4 Å². The normalized spacial score (nSPS) is 17.7. The van der Waals surface area contributed by atoms with Crippen LogP contribution in [0.1, 0.15) is 155 Å². The van der Waals surface area contributed by atoms with E-state index in [0.717, 1.165) is 64.2 Å². The minimum Gasteiger partial charge on any atom is -0.462 e. The van der Waals surface area contributed by atoms with E-state index in [2.05, 4.69) is 68.5 Å². The lowest BCUT2D eigenvalue weighted by molar-refractivity contribution is -0.161. The molecule has 1 rings (SSSR count). The fraction of sp³-hybridized carbons (Fsp3) is 0.721. The highest BCUT2D eigenvalue weighted by molar-refractivity contribution is 7.47. The molecule has 11 heteroatoms. The molecule has 310 valence electrons. The van der Waals surface area contributed by atoms with Gasteiger partial charge in [-0.05, 0) is 77.0 Å². The van der Waals surface area contributed by atoms with Crippen LogP contribution in [0, 0.1) is 0 Å². The molecule has 3 N–H and O–H groups in total. The molecule has 0 bridgehead atoms. The van der Waals surface area contributed by atoms with Gasteiger partial charge in [0.15, 0.2) is 6.10 Å². The van der Waals surface area contributed by atoms with Crippen molar-refractivity contribution in [2.75, 3.05) is 26.4 Å². The van der Waals surface area contributed by atoms with E-state index in [0.29, 0.717) is 19.3 Å². The summed E-state index contributed by atoms with van der Waals surface area (Å²) < 4.78 is 38.4. The Morgan fingerprint density at radius 3 is 1.85 bits per heavy atom. The number of carbonyl (C=O) groups excluding carboxylic acids is 2. The molecule has 54 heavy (non-hydrogen) atoms. The number of esters is 2. The van der Waals surface area contributed by atoms with E-state index in [-0.39, 0.29) is 44.8 Å². The van der Waals surface area contributed by atoms with Gasteiger partial charge in [0.25, 0.3) is 0 Å². The highest BCUT2D eigenvalue weighted by Crippen LogP contribution is 2.43. The number of hydrogen-bond acceptors (Lipinski definition) is 9. The molecule has 1 aliphatic rings. The number of unbranched alkanes of at least 4 members (excludes halogenated alkanes) is 12. The molecule has 0 radical (unpaired) electrons. The lowest BCUT2D eigenvalue weighted by Crippen LogP contribution is -2.29. The van der Waals surface area contributed by atoms with Crippen molar-refractivity contribution in [1.82, 2.24) is 0 Å². The van der Waals surface area contributed by atoms with Crippen molar-refractivity contribution in [2.24, 2.45) is 5.73 Å². The largest absolute Gasteiger partial charge is 0.472 e. The fourth-order valence-electron chi connectivity index (χ4n) is 5.59. The van der Waals surface area contributed by atoms with Gasteiger partial charge in [0.2, 0.25) is 0 Å². The van der Waals surface area contributed by atoms with Gasteiger partial charge in [-0.2, -0.15) is 0 Å². The van der Waals surface area contributed by atoms with E-state index in [1.54, 1.807) is 0 Å². The Bertz CT molecular complexity index is 1140. The molecule has 4 atom stereocenters. The van der Waals surface area contributed by atoms with E-state index in [9.17, 15) is 19.0 Å². The van der Waals surface area contributed by atoms with Crippen molar-refractivity contribution < 1.29 is 42.3 Å². The summed E-state index contributed by atoms with van der Waals surface area (Å²) in [5.74, 6) is -0.919.